The van der Waals surface area contributed by atoms with E-state index in [2.05, 4.69) is 9.97 Å². The van der Waals surface area contributed by atoms with Gasteiger partial charge >= 0.3 is 0 Å². The van der Waals surface area contributed by atoms with Crippen LogP contribution in [-0.4, -0.2) is 26.8 Å². The Hall–Kier alpha value is -1.07. The summed E-state index contributed by atoms with van der Waals surface area (Å²) >= 11 is 0. The number of aromatic amines is 1. The first-order valence-corrected chi connectivity index (χ1v) is 3.34. The molecule has 0 aromatic carbocycles. The predicted molar refractivity (Wildman–Crippen MR) is 38.9 cm³/mol. The second-order valence-corrected chi connectivity index (χ2v) is 2.28. The molecule has 0 radical (unpaired) electrons. The molecule has 0 fully saturated rings. The number of H-pyrrole nitrogens is 1. The Bertz CT molecular complexity index is 223. The quantitative estimate of drug-likeness (QED) is 0.475. The van der Waals surface area contributed by atoms with Crippen LogP contribution in [0, 0.1) is 0 Å². The molecule has 0 spiro atoms. The summed E-state index contributed by atoms with van der Waals surface area (Å²) in [6, 6.07) is -0.429. The van der Waals surface area contributed by atoms with Crippen LogP contribution in [0.3, 0.4) is 0 Å². The molecule has 5 heteroatoms. The Labute approximate surface area is 63.9 Å². The van der Waals surface area contributed by atoms with E-state index in [1.54, 1.807) is 0 Å². The number of nitrogens with one attached hydrogen (secondary N) is 1. The third-order valence-electron chi connectivity index (χ3n) is 1.42. The van der Waals surface area contributed by atoms with Crippen LogP contribution in [0.25, 0.3) is 0 Å². The summed E-state index contributed by atoms with van der Waals surface area (Å²) in [6.07, 6.45) is 1.91. The summed E-state index contributed by atoms with van der Waals surface area (Å²) in [5.41, 5.74) is 6.21. The van der Waals surface area contributed by atoms with Gasteiger partial charge in [-0.05, 0) is 6.42 Å². The first-order chi connectivity index (χ1) is 5.24. The maximum Gasteiger partial charge on any atom is 0.291 e. The van der Waals surface area contributed by atoms with Gasteiger partial charge in [0, 0.05) is 12.6 Å². The van der Waals surface area contributed by atoms with Crippen molar-refractivity contribution >= 4 is 0 Å². The van der Waals surface area contributed by atoms with Gasteiger partial charge in [0.25, 0.3) is 6.01 Å². The van der Waals surface area contributed by atoms with E-state index >= 15 is 0 Å². The van der Waals surface area contributed by atoms with Gasteiger partial charge in [-0.15, -0.1) is 0 Å². The highest BCUT2D eigenvalue weighted by Crippen LogP contribution is 2.12. The fraction of sp³-hybridized carbons (Fsp3) is 0.500. The van der Waals surface area contributed by atoms with Crippen LogP contribution in [0.5, 0.6) is 6.01 Å². The minimum Gasteiger partial charge on any atom is -0.480 e. The fourth-order valence-electron chi connectivity index (χ4n) is 0.807. The van der Waals surface area contributed by atoms with Crippen molar-refractivity contribution < 1.29 is 10.2 Å². The lowest BCUT2D eigenvalue weighted by Crippen LogP contribution is -2.11. The molecule has 0 bridgehead atoms. The van der Waals surface area contributed by atoms with E-state index < -0.39 is 0 Å². The van der Waals surface area contributed by atoms with Gasteiger partial charge in [0.05, 0.1) is 11.9 Å². The van der Waals surface area contributed by atoms with Crippen molar-refractivity contribution in [1.29, 1.82) is 0 Å². The smallest absolute Gasteiger partial charge is 0.291 e. The summed E-state index contributed by atoms with van der Waals surface area (Å²) in [4.78, 5) is 6.13. The Kier molecular flexibility index (Phi) is 2.45. The Morgan fingerprint density at radius 2 is 2.45 bits per heavy atom. The molecule has 1 atom stereocenters. The maximum atomic E-state index is 8.79. The molecule has 0 amide bonds. The molecule has 0 saturated carbocycles. The van der Waals surface area contributed by atoms with Crippen molar-refractivity contribution in [3.8, 4) is 6.01 Å². The number of aromatic hydroxyl groups is 1. The van der Waals surface area contributed by atoms with Gasteiger partial charge in [-0.25, -0.2) is 4.98 Å². The highest BCUT2D eigenvalue weighted by Gasteiger charge is 2.07. The van der Waals surface area contributed by atoms with Gasteiger partial charge in [0.2, 0.25) is 0 Å². The molecular weight excluding hydrogens is 146 g/mol. The highest BCUT2D eigenvalue weighted by atomic mass is 16.3. The van der Waals surface area contributed by atoms with Crippen molar-refractivity contribution in [3.63, 3.8) is 0 Å². The van der Waals surface area contributed by atoms with Gasteiger partial charge < -0.3 is 20.9 Å². The molecule has 1 rings (SSSR count). The summed E-state index contributed by atoms with van der Waals surface area (Å²) in [7, 11) is 0. The number of hydrogen-bond acceptors (Lipinski definition) is 4. The van der Waals surface area contributed by atoms with E-state index in [0.717, 1.165) is 0 Å². The number of nitrogens with two attached hydrogens (primary N) is 1. The fourth-order valence-corrected chi connectivity index (χ4v) is 0.807. The van der Waals surface area contributed by atoms with Gasteiger partial charge in [0.1, 0.15) is 0 Å². The molecule has 0 aliphatic carbocycles. The predicted octanol–water partition coefficient (Wildman–Crippen LogP) is -0.503. The number of aliphatic hydroxyl groups excluding tert-OH is 1. The number of hydrogen-bond donors (Lipinski definition) is 4. The first-order valence-electron chi connectivity index (χ1n) is 3.34. The summed E-state index contributed by atoms with van der Waals surface area (Å²) in [5, 5.41) is 17.3. The second kappa shape index (κ2) is 3.36. The molecule has 1 heterocycles. The molecule has 1 unspecified atom stereocenters. The molecule has 62 valence electrons. The Morgan fingerprint density at radius 1 is 1.73 bits per heavy atom. The van der Waals surface area contributed by atoms with E-state index in [1.807, 2.05) is 0 Å². The van der Waals surface area contributed by atoms with E-state index in [0.29, 0.717) is 12.1 Å². The van der Waals surface area contributed by atoms with E-state index in [4.69, 9.17) is 15.9 Å². The highest BCUT2D eigenvalue weighted by molar-refractivity contribution is 5.07. The van der Waals surface area contributed by atoms with Crippen LogP contribution in [0.1, 0.15) is 18.2 Å². The van der Waals surface area contributed by atoms with Crippen molar-refractivity contribution in [1.82, 2.24) is 9.97 Å². The normalized spacial score (nSPS) is 13.3. The van der Waals surface area contributed by atoms with Crippen LogP contribution in [0.4, 0.5) is 0 Å². The standard InChI is InChI=1S/C6H11N3O2/c7-4(1-2-10)5-3-8-6(11)9-5/h3-4,10H,1-2,7H2,(H2,8,9,11). The van der Waals surface area contributed by atoms with Crippen LogP contribution in [-0.2, 0) is 0 Å². The zero-order valence-corrected chi connectivity index (χ0v) is 5.99. The van der Waals surface area contributed by atoms with Crippen LogP contribution < -0.4 is 5.73 Å². The third kappa shape index (κ3) is 1.92. The Balaban J connectivity index is 2.60. The topological polar surface area (TPSA) is 95.2 Å². The number of rotatable bonds is 3. The molecule has 5 N–H and O–H groups in total. The molecular formula is C6H11N3O2. The molecule has 11 heavy (non-hydrogen) atoms. The zero-order valence-electron chi connectivity index (χ0n) is 5.99. The van der Waals surface area contributed by atoms with Gasteiger partial charge in [-0.1, -0.05) is 0 Å². The first kappa shape index (κ1) is 8.03. The summed E-state index contributed by atoms with van der Waals surface area (Å²) < 4.78 is 0. The van der Waals surface area contributed by atoms with Gasteiger partial charge in [-0.3, -0.25) is 0 Å². The van der Waals surface area contributed by atoms with E-state index in [9.17, 15) is 0 Å². The monoisotopic (exact) mass is 157 g/mol. The van der Waals surface area contributed by atoms with Crippen LogP contribution >= 0.6 is 0 Å². The minimum absolute atomic E-state index is 0.0287. The lowest BCUT2D eigenvalue weighted by atomic mass is 10.2. The van der Waals surface area contributed by atoms with E-state index in [1.165, 1.54) is 6.20 Å². The van der Waals surface area contributed by atoms with Crippen molar-refractivity contribution in [3.05, 3.63) is 11.9 Å². The van der Waals surface area contributed by atoms with Crippen LogP contribution in [0.15, 0.2) is 6.20 Å². The third-order valence-corrected chi connectivity index (χ3v) is 1.42. The number of nitrogens with zero attached hydrogens (tertiary/aromatic N) is 1. The molecule has 0 saturated heterocycles. The average Bonchev–Trinajstić information content (AvgIpc) is 2.36. The summed E-state index contributed by atoms with van der Waals surface area (Å²) in [6.45, 7) is 0.0287. The average molecular weight is 157 g/mol. The Morgan fingerprint density at radius 3 is 2.91 bits per heavy atom. The summed E-state index contributed by atoms with van der Waals surface area (Å²) in [5.74, 6) is 0. The second-order valence-electron chi connectivity index (χ2n) is 2.28. The van der Waals surface area contributed by atoms with Gasteiger partial charge in [0.15, 0.2) is 0 Å². The van der Waals surface area contributed by atoms with E-state index in [-0.39, 0.29) is 18.7 Å². The van der Waals surface area contributed by atoms with Crippen LogP contribution in [0.2, 0.25) is 0 Å². The SMILES string of the molecule is NC(CCO)c1cnc(O)[nH]1. The van der Waals surface area contributed by atoms with Crippen molar-refractivity contribution in [2.45, 2.75) is 12.5 Å². The van der Waals surface area contributed by atoms with Gasteiger partial charge in [-0.2, -0.15) is 0 Å². The number of aromatic nitrogens is 2. The molecule has 1 aromatic rings. The lowest BCUT2D eigenvalue weighted by molar-refractivity contribution is 0.275. The molecule has 1 aromatic heterocycles. The molecule has 0 aliphatic heterocycles. The molecule has 5 nitrogen and oxygen atoms in total. The zero-order chi connectivity index (χ0) is 8.27. The minimum atomic E-state index is -0.284. The largest absolute Gasteiger partial charge is 0.480 e. The maximum absolute atomic E-state index is 8.79. The molecule has 0 aliphatic rings. The van der Waals surface area contributed by atoms with Crippen molar-refractivity contribution in [2.24, 2.45) is 5.73 Å². The number of aliphatic hydroxyl groups is 1. The lowest BCUT2D eigenvalue weighted by Gasteiger charge is -2.04. The number of imidazole rings is 1. The van der Waals surface area contributed by atoms with Crippen molar-refractivity contribution in [2.75, 3.05) is 6.61 Å².